The second-order valence-electron chi connectivity index (χ2n) is 10.5. The third-order valence-corrected chi connectivity index (χ3v) is 7.71. The van der Waals surface area contributed by atoms with Gasteiger partial charge in [0.25, 0.3) is 5.91 Å². The van der Waals surface area contributed by atoms with Gasteiger partial charge in [0, 0.05) is 37.7 Å². The lowest BCUT2D eigenvalue weighted by Crippen LogP contribution is -2.49. The van der Waals surface area contributed by atoms with Crippen LogP contribution >= 0.6 is 0 Å². The normalized spacial score (nSPS) is 20.8. The van der Waals surface area contributed by atoms with Gasteiger partial charge >= 0.3 is 12.1 Å². The molecule has 3 N–H and O–H groups in total. The summed E-state index contributed by atoms with van der Waals surface area (Å²) in [6, 6.07) is 10.5. The Kier molecular flexibility index (Phi) is 6.81. The number of hydrogen-bond acceptors (Lipinski definition) is 4. The van der Waals surface area contributed by atoms with Crippen LogP contribution in [0.5, 0.6) is 0 Å². The average molecular weight is 522 g/mol. The van der Waals surface area contributed by atoms with Gasteiger partial charge < -0.3 is 20.9 Å². The van der Waals surface area contributed by atoms with E-state index in [4.69, 9.17) is 0 Å². The molecule has 1 spiro atoms. The number of carbonyl (C=O) groups is 4. The lowest BCUT2D eigenvalue weighted by Gasteiger charge is -2.31. The third-order valence-electron chi connectivity index (χ3n) is 7.71. The molecule has 2 aliphatic carbocycles. The van der Waals surface area contributed by atoms with Crippen molar-refractivity contribution in [1.82, 2.24) is 20.4 Å². The lowest BCUT2D eigenvalue weighted by atomic mass is 9.96. The molecule has 1 aliphatic heterocycles. The van der Waals surface area contributed by atoms with Gasteiger partial charge in [0.2, 0.25) is 5.91 Å². The average Bonchev–Trinajstić information content (AvgIpc) is 3.63. The zero-order valence-electron chi connectivity index (χ0n) is 21.6. The fraction of sp³-hybridized carbons (Fsp3) is 0.429. The molecule has 6 amide bonds. The van der Waals surface area contributed by atoms with Crippen LogP contribution in [0.3, 0.4) is 0 Å². The van der Waals surface area contributed by atoms with E-state index < -0.39 is 17.5 Å². The number of amides is 6. The molecule has 200 valence electrons. The van der Waals surface area contributed by atoms with E-state index >= 15 is 0 Å². The van der Waals surface area contributed by atoms with E-state index in [2.05, 4.69) is 16.0 Å². The number of hydrogen-bond donors (Lipinski definition) is 3. The highest BCUT2D eigenvalue weighted by molar-refractivity contribution is 6.09. The largest absolute Gasteiger partial charge is 0.338 e. The Morgan fingerprint density at radius 3 is 2.53 bits per heavy atom. The molecule has 3 aliphatic rings. The summed E-state index contributed by atoms with van der Waals surface area (Å²) >= 11 is 0. The number of nitrogens with zero attached hydrogens (tertiary/aromatic N) is 2. The standard InChI is InChI=1S/C28H32FN5O4/c1-3-30-26(37)31-23-11-8-20-13-28(14-21(20)12-23)25(36)34(27(38)32-28)16-24(35)33(17(2)19-6-7-19)15-18-4-9-22(29)10-5-18/h4-5,8-12,17,19H,3,6-7,13-16H2,1-2H3,(H,32,38)(H2,30,31,37). The summed E-state index contributed by atoms with van der Waals surface area (Å²) in [5.41, 5.74) is 2.01. The van der Waals surface area contributed by atoms with Crippen molar-refractivity contribution in [2.45, 2.75) is 57.7 Å². The second-order valence-corrected chi connectivity index (χ2v) is 10.5. The maximum atomic E-state index is 13.6. The minimum absolute atomic E-state index is 0.0613. The molecule has 5 rings (SSSR count). The van der Waals surface area contributed by atoms with Gasteiger partial charge in [-0.15, -0.1) is 0 Å². The first-order chi connectivity index (χ1) is 18.2. The van der Waals surface area contributed by atoms with E-state index in [-0.39, 0.29) is 43.3 Å². The maximum Gasteiger partial charge on any atom is 0.325 e. The van der Waals surface area contributed by atoms with Gasteiger partial charge in [-0.05, 0) is 73.6 Å². The summed E-state index contributed by atoms with van der Waals surface area (Å²) in [7, 11) is 0. The Balaban J connectivity index is 1.29. The Hall–Kier alpha value is -3.95. The summed E-state index contributed by atoms with van der Waals surface area (Å²) in [4.78, 5) is 54.6. The van der Waals surface area contributed by atoms with E-state index in [1.54, 1.807) is 23.1 Å². The molecule has 1 saturated heterocycles. The van der Waals surface area contributed by atoms with Crippen LogP contribution in [0.15, 0.2) is 42.5 Å². The quantitative estimate of drug-likeness (QED) is 0.464. The Bertz CT molecular complexity index is 1280. The first kappa shape index (κ1) is 25.7. The number of anilines is 1. The molecule has 0 bridgehead atoms. The van der Waals surface area contributed by atoms with Crippen LogP contribution in [0.4, 0.5) is 19.7 Å². The van der Waals surface area contributed by atoms with Gasteiger partial charge in [-0.3, -0.25) is 14.5 Å². The first-order valence-electron chi connectivity index (χ1n) is 13.0. The van der Waals surface area contributed by atoms with Crippen LogP contribution in [0.1, 0.15) is 43.4 Å². The molecule has 38 heavy (non-hydrogen) atoms. The second kappa shape index (κ2) is 10.1. The van der Waals surface area contributed by atoms with Crippen LogP contribution in [0, 0.1) is 11.7 Å². The molecule has 0 aromatic heterocycles. The highest BCUT2D eigenvalue weighted by Crippen LogP contribution is 2.38. The van der Waals surface area contributed by atoms with Crippen molar-refractivity contribution in [3.63, 3.8) is 0 Å². The molecule has 1 heterocycles. The molecule has 2 aromatic carbocycles. The summed E-state index contributed by atoms with van der Waals surface area (Å²) in [6.45, 7) is 4.22. The first-order valence-corrected chi connectivity index (χ1v) is 13.0. The summed E-state index contributed by atoms with van der Waals surface area (Å²) < 4.78 is 13.4. The molecule has 9 nitrogen and oxygen atoms in total. The van der Waals surface area contributed by atoms with Crippen LogP contribution in [0.2, 0.25) is 0 Å². The highest BCUT2D eigenvalue weighted by atomic mass is 19.1. The number of nitrogens with one attached hydrogen (secondary N) is 3. The van der Waals surface area contributed by atoms with Gasteiger partial charge in [0.15, 0.2) is 0 Å². The van der Waals surface area contributed by atoms with E-state index in [1.165, 1.54) is 12.1 Å². The van der Waals surface area contributed by atoms with Crippen LogP contribution in [-0.4, -0.2) is 58.3 Å². The van der Waals surface area contributed by atoms with Crippen molar-refractivity contribution in [1.29, 1.82) is 0 Å². The number of halogens is 1. The van der Waals surface area contributed by atoms with E-state index in [0.717, 1.165) is 34.4 Å². The minimum atomic E-state index is -1.14. The van der Waals surface area contributed by atoms with Gasteiger partial charge in [0.1, 0.15) is 17.9 Å². The smallest absolute Gasteiger partial charge is 0.325 e. The molecular formula is C28H32FN5O4. The van der Waals surface area contributed by atoms with Gasteiger partial charge in [-0.25, -0.2) is 14.0 Å². The van der Waals surface area contributed by atoms with Crippen LogP contribution in [0.25, 0.3) is 0 Å². The predicted molar refractivity (Wildman–Crippen MR) is 139 cm³/mol. The van der Waals surface area contributed by atoms with Gasteiger partial charge in [0.05, 0.1) is 0 Å². The van der Waals surface area contributed by atoms with Crippen molar-refractivity contribution >= 4 is 29.6 Å². The summed E-state index contributed by atoms with van der Waals surface area (Å²) in [5.74, 6) is -0.721. The van der Waals surface area contributed by atoms with Crippen molar-refractivity contribution in [2.75, 3.05) is 18.4 Å². The maximum absolute atomic E-state index is 13.6. The number of imide groups is 1. The molecule has 2 fully saturated rings. The molecule has 0 radical (unpaired) electrons. The molecule has 10 heteroatoms. The molecule has 1 saturated carbocycles. The number of carbonyl (C=O) groups excluding carboxylic acids is 4. The SMILES string of the molecule is CCNC(=O)Nc1ccc2c(c1)CC1(C2)NC(=O)N(CC(=O)N(Cc2ccc(F)cc2)C(C)C2CC2)C1=O. The molecular weight excluding hydrogens is 489 g/mol. The van der Waals surface area contributed by atoms with Crippen molar-refractivity contribution in [3.8, 4) is 0 Å². The Labute approximate surface area is 220 Å². The number of rotatable bonds is 8. The third kappa shape index (κ3) is 5.07. The van der Waals surface area contributed by atoms with Gasteiger partial charge in [-0.2, -0.15) is 0 Å². The zero-order valence-corrected chi connectivity index (χ0v) is 21.6. The van der Waals surface area contributed by atoms with Crippen molar-refractivity contribution in [3.05, 3.63) is 65.0 Å². The molecule has 2 aromatic rings. The summed E-state index contributed by atoms with van der Waals surface area (Å²) in [6.07, 6.45) is 2.64. The van der Waals surface area contributed by atoms with Crippen molar-refractivity contribution in [2.24, 2.45) is 5.92 Å². The lowest BCUT2D eigenvalue weighted by molar-refractivity contribution is -0.140. The monoisotopic (exact) mass is 521 g/mol. The fourth-order valence-corrected chi connectivity index (χ4v) is 5.45. The number of fused-ring (bicyclic) bond motifs is 1. The molecule has 2 atom stereocenters. The Morgan fingerprint density at radius 2 is 1.84 bits per heavy atom. The number of urea groups is 2. The number of benzene rings is 2. The fourth-order valence-electron chi connectivity index (χ4n) is 5.45. The van der Waals surface area contributed by atoms with Crippen molar-refractivity contribution < 1.29 is 23.6 Å². The predicted octanol–water partition coefficient (Wildman–Crippen LogP) is 3.18. The Morgan fingerprint density at radius 1 is 1.13 bits per heavy atom. The van der Waals surface area contributed by atoms with Gasteiger partial charge in [-0.1, -0.05) is 18.2 Å². The summed E-state index contributed by atoms with van der Waals surface area (Å²) in [5, 5.41) is 8.28. The van der Waals surface area contributed by atoms with E-state index in [9.17, 15) is 23.6 Å². The van der Waals surface area contributed by atoms with Crippen LogP contribution in [-0.2, 0) is 29.0 Å². The molecule has 2 unspecified atom stereocenters. The van der Waals surface area contributed by atoms with E-state index in [1.807, 2.05) is 26.0 Å². The highest BCUT2D eigenvalue weighted by Gasteiger charge is 2.54. The van der Waals surface area contributed by atoms with E-state index in [0.29, 0.717) is 24.6 Å². The zero-order chi connectivity index (χ0) is 27.0. The topological polar surface area (TPSA) is 111 Å². The van der Waals surface area contributed by atoms with Crippen LogP contribution < -0.4 is 16.0 Å². The minimum Gasteiger partial charge on any atom is -0.338 e.